The lowest BCUT2D eigenvalue weighted by Crippen LogP contribution is -1.95. The van der Waals surface area contributed by atoms with Gasteiger partial charge in [-0.05, 0) is 24.3 Å². The lowest BCUT2D eigenvalue weighted by atomic mass is 10.2. The Labute approximate surface area is 123 Å². The molecule has 0 fully saturated rings. The summed E-state index contributed by atoms with van der Waals surface area (Å²) in [5.41, 5.74) is 0.421. The van der Waals surface area contributed by atoms with Crippen LogP contribution in [0, 0.1) is 11.6 Å². The number of nitrogens with zero attached hydrogens (tertiary/aromatic N) is 2. The van der Waals surface area contributed by atoms with E-state index in [-0.39, 0.29) is 21.6 Å². The third-order valence-electron chi connectivity index (χ3n) is 2.80. The standard InChI is InChI=1S/C14H6Cl2F2N2/c15-10-3-1-2-9(12(10)18)14-19-11-6-7(17)4-5-8(11)13(16)20-14/h1-6H. The number of fused-ring (bicyclic) bond motifs is 1. The summed E-state index contributed by atoms with van der Waals surface area (Å²) in [6, 6.07) is 8.44. The van der Waals surface area contributed by atoms with Gasteiger partial charge in [0.1, 0.15) is 11.0 Å². The predicted octanol–water partition coefficient (Wildman–Crippen LogP) is 4.88. The van der Waals surface area contributed by atoms with Gasteiger partial charge in [0, 0.05) is 11.5 Å². The van der Waals surface area contributed by atoms with Crippen LogP contribution in [-0.4, -0.2) is 9.97 Å². The summed E-state index contributed by atoms with van der Waals surface area (Å²) < 4.78 is 27.2. The van der Waals surface area contributed by atoms with Crippen LogP contribution in [0.25, 0.3) is 22.3 Å². The van der Waals surface area contributed by atoms with Crippen LogP contribution in [0.4, 0.5) is 8.78 Å². The van der Waals surface area contributed by atoms with E-state index in [1.807, 2.05) is 0 Å². The summed E-state index contributed by atoms with van der Waals surface area (Å²) in [5.74, 6) is -1.03. The minimum Gasteiger partial charge on any atom is -0.228 e. The average Bonchev–Trinajstić information content (AvgIpc) is 2.41. The fourth-order valence-corrected chi connectivity index (χ4v) is 2.28. The van der Waals surface area contributed by atoms with Gasteiger partial charge in [-0.3, -0.25) is 0 Å². The molecule has 1 aromatic heterocycles. The van der Waals surface area contributed by atoms with Gasteiger partial charge in [0.15, 0.2) is 11.6 Å². The number of rotatable bonds is 1. The van der Waals surface area contributed by atoms with Gasteiger partial charge in [0.05, 0.1) is 16.1 Å². The Balaban J connectivity index is 2.29. The number of hydrogen-bond donors (Lipinski definition) is 0. The number of hydrogen-bond acceptors (Lipinski definition) is 2. The summed E-state index contributed by atoms with van der Waals surface area (Å²) in [6.07, 6.45) is 0. The Kier molecular flexibility index (Phi) is 3.28. The smallest absolute Gasteiger partial charge is 0.164 e. The van der Waals surface area contributed by atoms with Gasteiger partial charge in [-0.1, -0.05) is 29.3 Å². The molecule has 0 spiro atoms. The SMILES string of the molecule is Fc1ccc2c(Cl)nc(-c3cccc(Cl)c3F)nc2c1. The fourth-order valence-electron chi connectivity index (χ4n) is 1.86. The second kappa shape index (κ2) is 4.96. The molecule has 100 valence electrons. The highest BCUT2D eigenvalue weighted by Crippen LogP contribution is 2.29. The summed E-state index contributed by atoms with van der Waals surface area (Å²) in [5, 5.41) is 0.588. The van der Waals surface area contributed by atoms with Crippen LogP contribution >= 0.6 is 23.2 Å². The van der Waals surface area contributed by atoms with Crippen LogP contribution in [0.1, 0.15) is 0 Å². The van der Waals surface area contributed by atoms with Crippen molar-refractivity contribution in [2.24, 2.45) is 0 Å². The topological polar surface area (TPSA) is 25.8 Å². The maximum absolute atomic E-state index is 14.0. The van der Waals surface area contributed by atoms with Crippen molar-refractivity contribution in [1.82, 2.24) is 9.97 Å². The first kappa shape index (κ1) is 13.2. The Hall–Kier alpha value is -1.78. The maximum atomic E-state index is 14.0. The van der Waals surface area contributed by atoms with E-state index in [9.17, 15) is 8.78 Å². The molecule has 2 nitrogen and oxygen atoms in total. The zero-order valence-corrected chi connectivity index (χ0v) is 11.4. The zero-order chi connectivity index (χ0) is 14.3. The molecule has 2 aromatic carbocycles. The molecule has 6 heteroatoms. The molecule has 0 saturated heterocycles. The highest BCUT2D eigenvalue weighted by Gasteiger charge is 2.14. The van der Waals surface area contributed by atoms with Gasteiger partial charge < -0.3 is 0 Å². The van der Waals surface area contributed by atoms with Crippen LogP contribution < -0.4 is 0 Å². The van der Waals surface area contributed by atoms with Crippen LogP contribution in [0.5, 0.6) is 0 Å². The summed E-state index contributed by atoms with van der Waals surface area (Å²) >= 11 is 11.8. The van der Waals surface area contributed by atoms with Crippen molar-refractivity contribution in [2.75, 3.05) is 0 Å². The molecule has 20 heavy (non-hydrogen) atoms. The van der Waals surface area contributed by atoms with Crippen molar-refractivity contribution in [3.05, 3.63) is 58.2 Å². The molecule has 3 rings (SSSR count). The highest BCUT2D eigenvalue weighted by molar-refractivity contribution is 6.34. The predicted molar refractivity (Wildman–Crippen MR) is 74.9 cm³/mol. The van der Waals surface area contributed by atoms with Crippen molar-refractivity contribution in [3.63, 3.8) is 0 Å². The third kappa shape index (κ3) is 2.21. The van der Waals surface area contributed by atoms with E-state index in [2.05, 4.69) is 9.97 Å². The van der Waals surface area contributed by atoms with Crippen LogP contribution in [0.2, 0.25) is 10.2 Å². The first-order valence-corrected chi connectivity index (χ1v) is 6.39. The molecule has 0 atom stereocenters. The first-order chi connectivity index (χ1) is 9.56. The van der Waals surface area contributed by atoms with E-state index in [1.165, 1.54) is 30.3 Å². The number of aromatic nitrogens is 2. The lowest BCUT2D eigenvalue weighted by Gasteiger charge is -2.06. The van der Waals surface area contributed by atoms with E-state index in [0.29, 0.717) is 10.9 Å². The van der Waals surface area contributed by atoms with E-state index >= 15 is 0 Å². The molecule has 0 radical (unpaired) electrons. The van der Waals surface area contributed by atoms with Crippen molar-refractivity contribution in [1.29, 1.82) is 0 Å². The molecular formula is C14H6Cl2F2N2. The lowest BCUT2D eigenvalue weighted by molar-refractivity contribution is 0.629. The molecule has 0 amide bonds. The molecule has 0 aliphatic rings. The Morgan fingerprint density at radius 1 is 0.950 bits per heavy atom. The van der Waals surface area contributed by atoms with Gasteiger partial charge in [0.2, 0.25) is 0 Å². The van der Waals surface area contributed by atoms with E-state index in [4.69, 9.17) is 23.2 Å². The van der Waals surface area contributed by atoms with Crippen LogP contribution in [0.3, 0.4) is 0 Å². The van der Waals surface area contributed by atoms with Crippen molar-refractivity contribution >= 4 is 34.1 Å². The van der Waals surface area contributed by atoms with Gasteiger partial charge in [-0.2, -0.15) is 0 Å². The molecule has 0 aliphatic heterocycles. The van der Waals surface area contributed by atoms with E-state index in [1.54, 1.807) is 6.07 Å². The number of benzene rings is 2. The molecule has 0 N–H and O–H groups in total. The molecule has 0 aliphatic carbocycles. The maximum Gasteiger partial charge on any atom is 0.164 e. The Morgan fingerprint density at radius 2 is 1.75 bits per heavy atom. The van der Waals surface area contributed by atoms with E-state index in [0.717, 1.165) is 0 Å². The second-order valence-electron chi connectivity index (χ2n) is 4.10. The van der Waals surface area contributed by atoms with Crippen LogP contribution in [-0.2, 0) is 0 Å². The quantitative estimate of drug-likeness (QED) is 0.598. The normalized spacial score (nSPS) is 11.0. The molecular weight excluding hydrogens is 305 g/mol. The second-order valence-corrected chi connectivity index (χ2v) is 4.87. The molecule has 0 unspecified atom stereocenters. The Bertz CT molecular complexity index is 822. The summed E-state index contributed by atoms with van der Waals surface area (Å²) in [6.45, 7) is 0. The van der Waals surface area contributed by atoms with Crippen molar-refractivity contribution in [2.45, 2.75) is 0 Å². The van der Waals surface area contributed by atoms with Gasteiger partial charge in [-0.25, -0.2) is 18.7 Å². The highest BCUT2D eigenvalue weighted by atomic mass is 35.5. The first-order valence-electron chi connectivity index (χ1n) is 5.63. The minimum absolute atomic E-state index is 0.0402. The molecule has 0 saturated carbocycles. The number of halogens is 4. The minimum atomic E-state index is -0.638. The van der Waals surface area contributed by atoms with Gasteiger partial charge >= 0.3 is 0 Å². The fraction of sp³-hybridized carbons (Fsp3) is 0. The van der Waals surface area contributed by atoms with Gasteiger partial charge in [-0.15, -0.1) is 0 Å². The average molecular weight is 311 g/mol. The summed E-state index contributed by atoms with van der Waals surface area (Å²) in [4.78, 5) is 8.17. The van der Waals surface area contributed by atoms with Crippen molar-refractivity contribution < 1.29 is 8.78 Å². The summed E-state index contributed by atoms with van der Waals surface area (Å²) in [7, 11) is 0. The largest absolute Gasteiger partial charge is 0.228 e. The van der Waals surface area contributed by atoms with Crippen molar-refractivity contribution in [3.8, 4) is 11.4 Å². The monoisotopic (exact) mass is 310 g/mol. The zero-order valence-electron chi connectivity index (χ0n) is 9.87. The third-order valence-corrected chi connectivity index (χ3v) is 3.38. The Morgan fingerprint density at radius 3 is 2.55 bits per heavy atom. The van der Waals surface area contributed by atoms with E-state index < -0.39 is 11.6 Å². The van der Waals surface area contributed by atoms with Crippen LogP contribution in [0.15, 0.2) is 36.4 Å². The molecule has 3 aromatic rings. The molecule has 1 heterocycles. The molecule has 0 bridgehead atoms. The van der Waals surface area contributed by atoms with Gasteiger partial charge in [0.25, 0.3) is 0 Å².